The highest BCUT2D eigenvalue weighted by Crippen LogP contribution is 2.03. The van der Waals surface area contributed by atoms with Crippen LogP contribution in [0.3, 0.4) is 0 Å². The van der Waals surface area contributed by atoms with E-state index in [9.17, 15) is 13.5 Å². The van der Waals surface area contributed by atoms with Gasteiger partial charge in [0.25, 0.3) is 10.2 Å². The van der Waals surface area contributed by atoms with Crippen molar-refractivity contribution in [2.45, 2.75) is 25.9 Å². The SMILES string of the molecule is CCC(O)CCNS(=O)(=O)N1CCOCC1. The van der Waals surface area contributed by atoms with Crippen molar-refractivity contribution in [3.63, 3.8) is 0 Å². The van der Waals surface area contributed by atoms with Crippen LogP contribution in [0.2, 0.25) is 0 Å². The van der Waals surface area contributed by atoms with Gasteiger partial charge in [0.2, 0.25) is 0 Å². The molecule has 1 heterocycles. The molecule has 0 amide bonds. The molecule has 2 N–H and O–H groups in total. The Kier molecular flexibility index (Phi) is 5.63. The maximum Gasteiger partial charge on any atom is 0.279 e. The summed E-state index contributed by atoms with van der Waals surface area (Å²) in [5.41, 5.74) is 0. The smallest absolute Gasteiger partial charge is 0.279 e. The van der Waals surface area contributed by atoms with E-state index in [1.165, 1.54) is 4.31 Å². The minimum Gasteiger partial charge on any atom is -0.393 e. The highest BCUT2D eigenvalue weighted by molar-refractivity contribution is 7.87. The number of hydrogen-bond donors (Lipinski definition) is 2. The minimum absolute atomic E-state index is 0.273. The molecule has 0 spiro atoms. The highest BCUT2D eigenvalue weighted by Gasteiger charge is 2.23. The molecule has 1 saturated heterocycles. The minimum atomic E-state index is -3.40. The van der Waals surface area contributed by atoms with Crippen molar-refractivity contribution in [2.75, 3.05) is 32.8 Å². The van der Waals surface area contributed by atoms with E-state index >= 15 is 0 Å². The number of aliphatic hydroxyl groups excluding tert-OH is 1. The summed E-state index contributed by atoms with van der Waals surface area (Å²) in [5.74, 6) is 0. The monoisotopic (exact) mass is 252 g/mol. The molecule has 0 saturated carbocycles. The Balaban J connectivity index is 2.33. The number of nitrogens with zero attached hydrogens (tertiary/aromatic N) is 1. The van der Waals surface area contributed by atoms with Gasteiger partial charge in [-0.3, -0.25) is 0 Å². The molecule has 1 atom stereocenters. The van der Waals surface area contributed by atoms with Gasteiger partial charge >= 0.3 is 0 Å². The zero-order valence-corrected chi connectivity index (χ0v) is 10.4. The first-order chi connectivity index (χ1) is 7.56. The molecule has 0 radical (unpaired) electrons. The van der Waals surface area contributed by atoms with E-state index in [4.69, 9.17) is 4.74 Å². The van der Waals surface area contributed by atoms with Crippen LogP contribution in [-0.4, -0.2) is 56.8 Å². The predicted molar refractivity (Wildman–Crippen MR) is 60.2 cm³/mol. The normalized spacial score (nSPS) is 20.9. The molecular formula is C9H20N2O4S. The van der Waals surface area contributed by atoms with E-state index in [0.29, 0.717) is 39.1 Å². The summed E-state index contributed by atoms with van der Waals surface area (Å²) in [7, 11) is -3.40. The Morgan fingerprint density at radius 3 is 2.62 bits per heavy atom. The maximum absolute atomic E-state index is 11.7. The van der Waals surface area contributed by atoms with Crippen molar-refractivity contribution < 1.29 is 18.3 Å². The lowest BCUT2D eigenvalue weighted by Crippen LogP contribution is -2.47. The van der Waals surface area contributed by atoms with Crippen LogP contribution in [-0.2, 0) is 14.9 Å². The van der Waals surface area contributed by atoms with Gasteiger partial charge < -0.3 is 9.84 Å². The first kappa shape index (κ1) is 13.9. The number of morpholine rings is 1. The van der Waals surface area contributed by atoms with Crippen LogP contribution < -0.4 is 4.72 Å². The second kappa shape index (κ2) is 6.51. The number of hydrogen-bond acceptors (Lipinski definition) is 4. The standard InChI is InChI=1S/C9H20N2O4S/c1-2-9(12)3-4-10-16(13,14)11-5-7-15-8-6-11/h9-10,12H,2-8H2,1H3. The Morgan fingerprint density at radius 1 is 1.44 bits per heavy atom. The number of rotatable bonds is 6. The molecule has 1 aliphatic heterocycles. The largest absolute Gasteiger partial charge is 0.393 e. The zero-order chi connectivity index (χ0) is 12.0. The lowest BCUT2D eigenvalue weighted by molar-refractivity contribution is 0.0724. The maximum atomic E-state index is 11.7. The van der Waals surface area contributed by atoms with Crippen LogP contribution in [0.4, 0.5) is 0 Å². The van der Waals surface area contributed by atoms with Gasteiger partial charge in [-0.25, -0.2) is 4.72 Å². The van der Waals surface area contributed by atoms with E-state index in [-0.39, 0.29) is 6.54 Å². The van der Waals surface area contributed by atoms with Gasteiger partial charge in [-0.15, -0.1) is 0 Å². The van der Waals surface area contributed by atoms with Gasteiger partial charge in [-0.1, -0.05) is 6.92 Å². The molecular weight excluding hydrogens is 232 g/mol. The molecule has 0 aromatic heterocycles. The van der Waals surface area contributed by atoms with E-state index in [1.54, 1.807) is 0 Å². The molecule has 1 unspecified atom stereocenters. The third-order valence-electron chi connectivity index (χ3n) is 2.54. The van der Waals surface area contributed by atoms with E-state index < -0.39 is 16.3 Å². The van der Waals surface area contributed by atoms with Crippen LogP contribution in [0.1, 0.15) is 19.8 Å². The van der Waals surface area contributed by atoms with Crippen LogP contribution in [0, 0.1) is 0 Å². The van der Waals surface area contributed by atoms with E-state index in [2.05, 4.69) is 4.72 Å². The summed E-state index contributed by atoms with van der Waals surface area (Å²) in [5, 5.41) is 9.30. The van der Waals surface area contributed by atoms with Crippen molar-refractivity contribution >= 4 is 10.2 Å². The molecule has 0 bridgehead atoms. The fourth-order valence-electron chi connectivity index (χ4n) is 1.44. The average molecular weight is 252 g/mol. The first-order valence-electron chi connectivity index (χ1n) is 5.57. The summed E-state index contributed by atoms with van der Waals surface area (Å²) in [6.07, 6.45) is 0.645. The lowest BCUT2D eigenvalue weighted by Gasteiger charge is -2.26. The van der Waals surface area contributed by atoms with Gasteiger partial charge in [-0.05, 0) is 12.8 Å². The molecule has 0 aromatic carbocycles. The molecule has 1 fully saturated rings. The Labute approximate surface area is 96.8 Å². The van der Waals surface area contributed by atoms with Crippen LogP contribution >= 0.6 is 0 Å². The number of aliphatic hydroxyl groups is 1. The first-order valence-corrected chi connectivity index (χ1v) is 7.01. The molecule has 1 aliphatic rings. The highest BCUT2D eigenvalue weighted by atomic mass is 32.2. The molecule has 7 heteroatoms. The molecule has 0 aliphatic carbocycles. The van der Waals surface area contributed by atoms with Crippen molar-refractivity contribution in [1.29, 1.82) is 0 Å². The zero-order valence-electron chi connectivity index (χ0n) is 9.55. The average Bonchev–Trinajstić information content (AvgIpc) is 2.30. The van der Waals surface area contributed by atoms with Crippen LogP contribution in [0.25, 0.3) is 0 Å². The number of nitrogens with one attached hydrogen (secondary N) is 1. The van der Waals surface area contributed by atoms with Gasteiger partial charge in [0.1, 0.15) is 0 Å². The summed E-state index contributed by atoms with van der Waals surface area (Å²) in [6.45, 7) is 3.81. The van der Waals surface area contributed by atoms with Crippen molar-refractivity contribution in [3.05, 3.63) is 0 Å². The molecule has 6 nitrogen and oxygen atoms in total. The summed E-state index contributed by atoms with van der Waals surface area (Å²) in [4.78, 5) is 0. The molecule has 0 aromatic rings. The molecule has 96 valence electrons. The van der Waals surface area contributed by atoms with Crippen LogP contribution in [0.15, 0.2) is 0 Å². The van der Waals surface area contributed by atoms with Crippen molar-refractivity contribution in [2.24, 2.45) is 0 Å². The van der Waals surface area contributed by atoms with Crippen molar-refractivity contribution in [1.82, 2.24) is 9.03 Å². The van der Waals surface area contributed by atoms with Gasteiger partial charge in [0.15, 0.2) is 0 Å². The molecule has 1 rings (SSSR count). The summed E-state index contributed by atoms with van der Waals surface area (Å²) < 4.78 is 32.4. The van der Waals surface area contributed by atoms with Crippen LogP contribution in [0.5, 0.6) is 0 Å². The van der Waals surface area contributed by atoms with E-state index in [0.717, 1.165) is 0 Å². The fraction of sp³-hybridized carbons (Fsp3) is 1.00. The summed E-state index contributed by atoms with van der Waals surface area (Å²) >= 11 is 0. The Hall–Kier alpha value is -0.210. The quantitative estimate of drug-likeness (QED) is 0.656. The summed E-state index contributed by atoms with van der Waals surface area (Å²) in [6, 6.07) is 0. The van der Waals surface area contributed by atoms with E-state index in [1.807, 2.05) is 6.92 Å². The lowest BCUT2D eigenvalue weighted by atomic mass is 10.2. The Morgan fingerprint density at radius 2 is 2.06 bits per heavy atom. The third-order valence-corrected chi connectivity index (χ3v) is 4.16. The van der Waals surface area contributed by atoms with Crippen molar-refractivity contribution in [3.8, 4) is 0 Å². The topological polar surface area (TPSA) is 78.9 Å². The van der Waals surface area contributed by atoms with Gasteiger partial charge in [0.05, 0.1) is 19.3 Å². The second-order valence-electron chi connectivity index (χ2n) is 3.76. The fourth-order valence-corrected chi connectivity index (χ4v) is 2.63. The predicted octanol–water partition coefficient (Wildman–Crippen LogP) is -0.686. The second-order valence-corrected chi connectivity index (χ2v) is 5.52. The molecule has 16 heavy (non-hydrogen) atoms. The Bertz CT molecular complexity index is 288. The number of ether oxygens (including phenoxy) is 1. The van der Waals surface area contributed by atoms with Gasteiger partial charge in [-0.2, -0.15) is 12.7 Å². The van der Waals surface area contributed by atoms with Gasteiger partial charge in [0, 0.05) is 19.6 Å². The third kappa shape index (κ3) is 4.34.